The molecule has 194 valence electrons. The molecule has 5 aromatic rings. The summed E-state index contributed by atoms with van der Waals surface area (Å²) >= 11 is 1.56. The number of nitrogens with zero attached hydrogens (tertiary/aromatic N) is 4. The van der Waals surface area contributed by atoms with Crippen LogP contribution in [0.2, 0.25) is 0 Å². The van der Waals surface area contributed by atoms with E-state index < -0.39 is 0 Å². The van der Waals surface area contributed by atoms with Crippen LogP contribution in [0.4, 0.5) is 4.39 Å². The normalized spacial score (nSPS) is 16.3. The second-order valence-corrected chi connectivity index (χ2v) is 10.8. The van der Waals surface area contributed by atoms with Crippen LogP contribution in [0.5, 0.6) is 11.5 Å². The van der Waals surface area contributed by atoms with Gasteiger partial charge in [0.25, 0.3) is 5.56 Å². The van der Waals surface area contributed by atoms with Crippen LogP contribution in [0.15, 0.2) is 71.0 Å². The fourth-order valence-electron chi connectivity index (χ4n) is 5.38. The van der Waals surface area contributed by atoms with E-state index in [0.717, 1.165) is 47.3 Å². The Morgan fingerprint density at radius 1 is 1.08 bits per heavy atom. The molecule has 0 spiro atoms. The number of fused-ring (bicyclic) bond motifs is 2. The standard InChI is InChI=1S/C30H29FN4O2S/c1-20-5-2-3-7-24(20)29-33-26-10-8-22(37-23-9-11-27-28(16-23)38-19-32-27)15-25(26)30(36)35(29)18-21-6-4-13-34(17-21)14-12-31/h2-3,5,7-11,15-16,19,21H,4,6,12-14,17-18H2,1H3. The van der Waals surface area contributed by atoms with Gasteiger partial charge < -0.3 is 9.64 Å². The summed E-state index contributed by atoms with van der Waals surface area (Å²) in [4.78, 5) is 25.5. The predicted octanol–water partition coefficient (Wildman–Crippen LogP) is 6.46. The summed E-state index contributed by atoms with van der Waals surface area (Å²) in [6, 6.07) is 19.3. The van der Waals surface area contributed by atoms with Crippen LogP contribution in [0.3, 0.4) is 0 Å². The number of alkyl halides is 1. The number of piperidine rings is 1. The SMILES string of the molecule is Cc1ccccc1-c1nc2ccc(Oc3ccc4ncsc4c3)cc2c(=O)n1CC1CCCN(CCF)C1. The Balaban J connectivity index is 1.41. The molecule has 0 N–H and O–H groups in total. The molecule has 3 heterocycles. The minimum Gasteiger partial charge on any atom is -0.457 e. The number of ether oxygens (including phenoxy) is 1. The Labute approximate surface area is 224 Å². The average molecular weight is 529 g/mol. The Morgan fingerprint density at radius 2 is 1.89 bits per heavy atom. The first-order valence-electron chi connectivity index (χ1n) is 13.0. The lowest BCUT2D eigenvalue weighted by atomic mass is 9.97. The van der Waals surface area contributed by atoms with E-state index in [1.807, 2.05) is 71.6 Å². The lowest BCUT2D eigenvalue weighted by Gasteiger charge is -2.32. The summed E-state index contributed by atoms with van der Waals surface area (Å²) in [7, 11) is 0. The third-order valence-electron chi connectivity index (χ3n) is 7.29. The molecule has 0 amide bonds. The molecule has 1 saturated heterocycles. The zero-order valence-electron chi connectivity index (χ0n) is 21.3. The molecular weight excluding hydrogens is 499 g/mol. The number of hydrogen-bond donors (Lipinski definition) is 0. The fraction of sp³-hybridized carbons (Fsp3) is 0.300. The largest absolute Gasteiger partial charge is 0.457 e. The Kier molecular flexibility index (Phi) is 6.91. The molecule has 0 bridgehead atoms. The van der Waals surface area contributed by atoms with Crippen LogP contribution in [0.25, 0.3) is 32.5 Å². The predicted molar refractivity (Wildman–Crippen MR) is 151 cm³/mol. The molecule has 0 radical (unpaired) electrons. The minimum atomic E-state index is -0.350. The molecule has 0 saturated carbocycles. The van der Waals surface area contributed by atoms with Gasteiger partial charge in [0.1, 0.15) is 24.0 Å². The van der Waals surface area contributed by atoms with Crippen molar-refractivity contribution in [2.75, 3.05) is 26.3 Å². The summed E-state index contributed by atoms with van der Waals surface area (Å²) in [6.45, 7) is 4.37. The molecule has 1 aliphatic heterocycles. The molecule has 8 heteroatoms. The van der Waals surface area contributed by atoms with Gasteiger partial charge in [-0.1, -0.05) is 24.3 Å². The molecule has 2 aromatic heterocycles. The van der Waals surface area contributed by atoms with Crippen molar-refractivity contribution in [1.82, 2.24) is 19.4 Å². The average Bonchev–Trinajstić information content (AvgIpc) is 3.39. The highest BCUT2D eigenvalue weighted by Gasteiger charge is 2.23. The fourth-order valence-corrected chi connectivity index (χ4v) is 6.08. The zero-order chi connectivity index (χ0) is 26.1. The van der Waals surface area contributed by atoms with Crippen LogP contribution in [-0.2, 0) is 6.54 Å². The van der Waals surface area contributed by atoms with Gasteiger partial charge in [-0.15, -0.1) is 11.3 Å². The van der Waals surface area contributed by atoms with Crippen LogP contribution in [0, 0.1) is 12.8 Å². The van der Waals surface area contributed by atoms with Crippen LogP contribution in [-0.4, -0.2) is 45.7 Å². The van der Waals surface area contributed by atoms with Crippen LogP contribution >= 0.6 is 11.3 Å². The summed E-state index contributed by atoms with van der Waals surface area (Å²) in [6.07, 6.45) is 2.01. The lowest BCUT2D eigenvalue weighted by molar-refractivity contribution is 0.152. The second-order valence-electron chi connectivity index (χ2n) is 9.93. The van der Waals surface area contributed by atoms with E-state index in [9.17, 15) is 9.18 Å². The number of hydrogen-bond acceptors (Lipinski definition) is 6. The van der Waals surface area contributed by atoms with Gasteiger partial charge in [0.15, 0.2) is 0 Å². The molecule has 1 aliphatic rings. The first-order chi connectivity index (χ1) is 18.6. The van der Waals surface area contributed by atoms with Gasteiger partial charge in [0.2, 0.25) is 0 Å². The molecule has 1 atom stereocenters. The van der Waals surface area contributed by atoms with Crippen LogP contribution in [0.1, 0.15) is 18.4 Å². The third-order valence-corrected chi connectivity index (χ3v) is 8.09. The number of likely N-dealkylation sites (tertiary alicyclic amines) is 1. The van der Waals surface area contributed by atoms with E-state index in [1.165, 1.54) is 0 Å². The van der Waals surface area contributed by atoms with E-state index in [1.54, 1.807) is 17.4 Å². The Morgan fingerprint density at radius 3 is 2.74 bits per heavy atom. The summed E-state index contributed by atoms with van der Waals surface area (Å²) in [5.74, 6) is 2.21. The monoisotopic (exact) mass is 528 g/mol. The van der Waals surface area contributed by atoms with Crippen molar-refractivity contribution in [3.05, 3.63) is 82.1 Å². The van der Waals surface area contributed by atoms with Gasteiger partial charge >= 0.3 is 0 Å². The van der Waals surface area contributed by atoms with E-state index in [-0.39, 0.29) is 18.2 Å². The molecule has 6 rings (SSSR count). The maximum Gasteiger partial charge on any atom is 0.261 e. The zero-order valence-corrected chi connectivity index (χ0v) is 22.1. The number of benzene rings is 3. The quantitative estimate of drug-likeness (QED) is 0.243. The molecule has 38 heavy (non-hydrogen) atoms. The molecule has 0 aliphatic carbocycles. The van der Waals surface area contributed by atoms with E-state index in [0.29, 0.717) is 41.3 Å². The van der Waals surface area contributed by atoms with Gasteiger partial charge in [-0.05, 0) is 68.1 Å². The number of rotatable bonds is 7. The number of thiazole rings is 1. The molecular formula is C30H29FN4O2S. The van der Waals surface area contributed by atoms with E-state index >= 15 is 0 Å². The molecule has 3 aromatic carbocycles. The van der Waals surface area contributed by atoms with Gasteiger partial charge in [0.05, 0.1) is 26.6 Å². The second kappa shape index (κ2) is 10.6. The number of halogens is 1. The maximum atomic E-state index is 14.0. The summed E-state index contributed by atoms with van der Waals surface area (Å²) in [5.41, 5.74) is 5.31. The summed E-state index contributed by atoms with van der Waals surface area (Å²) < 4.78 is 22.0. The molecule has 1 unspecified atom stereocenters. The van der Waals surface area contributed by atoms with Crippen molar-refractivity contribution in [2.24, 2.45) is 5.92 Å². The molecule has 6 nitrogen and oxygen atoms in total. The summed E-state index contributed by atoms with van der Waals surface area (Å²) in [5, 5.41) is 0.523. The molecule has 1 fully saturated rings. The van der Waals surface area contributed by atoms with E-state index in [2.05, 4.69) is 9.88 Å². The van der Waals surface area contributed by atoms with Crippen molar-refractivity contribution < 1.29 is 9.13 Å². The first-order valence-corrected chi connectivity index (χ1v) is 13.9. The minimum absolute atomic E-state index is 0.0840. The van der Waals surface area contributed by atoms with Crippen molar-refractivity contribution in [2.45, 2.75) is 26.3 Å². The number of aromatic nitrogens is 3. The highest BCUT2D eigenvalue weighted by atomic mass is 32.1. The topological polar surface area (TPSA) is 60.3 Å². The highest BCUT2D eigenvalue weighted by Crippen LogP contribution is 2.30. The third kappa shape index (κ3) is 4.93. The lowest BCUT2D eigenvalue weighted by Crippen LogP contribution is -2.39. The highest BCUT2D eigenvalue weighted by molar-refractivity contribution is 7.16. The van der Waals surface area contributed by atoms with Gasteiger partial charge in [0, 0.05) is 31.3 Å². The van der Waals surface area contributed by atoms with Crippen LogP contribution < -0.4 is 10.3 Å². The van der Waals surface area contributed by atoms with E-state index in [4.69, 9.17) is 9.72 Å². The van der Waals surface area contributed by atoms with Crippen molar-refractivity contribution >= 4 is 32.5 Å². The van der Waals surface area contributed by atoms with Gasteiger partial charge in [-0.25, -0.2) is 14.4 Å². The van der Waals surface area contributed by atoms with Crippen molar-refractivity contribution in [1.29, 1.82) is 0 Å². The first kappa shape index (κ1) is 24.7. The smallest absolute Gasteiger partial charge is 0.261 e. The van der Waals surface area contributed by atoms with Crippen molar-refractivity contribution in [3.8, 4) is 22.9 Å². The van der Waals surface area contributed by atoms with Gasteiger partial charge in [-0.3, -0.25) is 9.36 Å². The van der Waals surface area contributed by atoms with Crippen molar-refractivity contribution in [3.63, 3.8) is 0 Å². The Hall–Kier alpha value is -3.62. The Bertz CT molecular complexity index is 1660. The van der Waals surface area contributed by atoms with Gasteiger partial charge in [-0.2, -0.15) is 0 Å². The maximum absolute atomic E-state index is 14.0. The number of aryl methyl sites for hydroxylation is 1.